The van der Waals surface area contributed by atoms with Gasteiger partial charge in [0.2, 0.25) is 11.8 Å². The van der Waals surface area contributed by atoms with Crippen molar-refractivity contribution in [1.29, 1.82) is 0 Å². The van der Waals surface area contributed by atoms with Crippen LogP contribution in [-0.4, -0.2) is 82.8 Å². The first-order chi connectivity index (χ1) is 19.6. The van der Waals surface area contributed by atoms with E-state index >= 15 is 0 Å². The summed E-state index contributed by atoms with van der Waals surface area (Å²) in [4.78, 5) is 41.1. The highest BCUT2D eigenvalue weighted by atomic mass is 32.2. The van der Waals surface area contributed by atoms with Crippen molar-refractivity contribution in [3.8, 4) is 0 Å². The lowest BCUT2D eigenvalue weighted by molar-refractivity contribution is -0.127. The standard InChI is InChI=1S/C31H44N4O5S/c1-31(2,3)35-17-11-16-26(35)29(38)32-19-27(36)24(18-22-12-7-5-8-13-22)33-28(37)25(21-41-4)34-30(39)40-20-23-14-9-6-10-15-23/h5-10,12-15,24-27,36H,11,16-21H2,1-4H3,(H,32,38)(H,33,37)(H,34,39)/t24-,25-,26-,27+/m0/s1. The molecule has 1 saturated heterocycles. The van der Waals surface area contributed by atoms with Crippen LogP contribution in [0.5, 0.6) is 0 Å². The van der Waals surface area contributed by atoms with Gasteiger partial charge in [0, 0.05) is 17.8 Å². The Labute approximate surface area is 247 Å². The number of hydrogen-bond acceptors (Lipinski definition) is 7. The summed E-state index contributed by atoms with van der Waals surface area (Å²) >= 11 is 1.41. The van der Waals surface area contributed by atoms with E-state index in [4.69, 9.17) is 4.74 Å². The third-order valence-electron chi connectivity index (χ3n) is 7.15. The molecule has 1 aliphatic heterocycles. The van der Waals surface area contributed by atoms with Gasteiger partial charge >= 0.3 is 6.09 Å². The van der Waals surface area contributed by atoms with E-state index in [1.807, 2.05) is 66.9 Å². The predicted octanol–water partition coefficient (Wildman–Crippen LogP) is 3.11. The van der Waals surface area contributed by atoms with Crippen LogP contribution < -0.4 is 16.0 Å². The fourth-order valence-corrected chi connectivity index (χ4v) is 5.57. The Hall–Kier alpha value is -3.08. The van der Waals surface area contributed by atoms with Crippen LogP contribution in [0.3, 0.4) is 0 Å². The van der Waals surface area contributed by atoms with Gasteiger partial charge in [0.1, 0.15) is 12.6 Å². The summed E-state index contributed by atoms with van der Waals surface area (Å²) in [5, 5.41) is 19.7. The topological polar surface area (TPSA) is 120 Å². The molecule has 0 saturated carbocycles. The smallest absolute Gasteiger partial charge is 0.408 e. The van der Waals surface area contributed by atoms with Crippen LogP contribution in [0.2, 0.25) is 0 Å². The Bertz CT molecular complexity index is 1110. The number of thioether (sulfide) groups is 1. The molecular weight excluding hydrogens is 540 g/mol. The highest BCUT2D eigenvalue weighted by Crippen LogP contribution is 2.26. The van der Waals surface area contributed by atoms with Crippen molar-refractivity contribution in [2.75, 3.05) is 25.1 Å². The second kappa shape index (κ2) is 15.8. The number of rotatable bonds is 13. The molecule has 0 unspecified atom stereocenters. The number of benzene rings is 2. The lowest BCUT2D eigenvalue weighted by atomic mass is 10.00. The fraction of sp³-hybridized carbons (Fsp3) is 0.516. The van der Waals surface area contributed by atoms with Gasteiger partial charge in [-0.25, -0.2) is 4.79 Å². The van der Waals surface area contributed by atoms with E-state index in [0.717, 1.165) is 30.5 Å². The van der Waals surface area contributed by atoms with E-state index < -0.39 is 30.2 Å². The summed E-state index contributed by atoms with van der Waals surface area (Å²) in [5.41, 5.74) is 1.63. The Balaban J connectivity index is 1.63. The zero-order valence-corrected chi connectivity index (χ0v) is 25.3. The molecule has 224 valence electrons. The number of alkyl carbamates (subject to hydrolysis) is 1. The normalized spacial score (nSPS) is 17.7. The third kappa shape index (κ3) is 10.4. The van der Waals surface area contributed by atoms with Gasteiger partial charge in [0.25, 0.3) is 0 Å². The zero-order valence-electron chi connectivity index (χ0n) is 24.5. The molecule has 3 rings (SSSR count). The maximum absolute atomic E-state index is 13.3. The molecule has 3 amide bonds. The van der Waals surface area contributed by atoms with Gasteiger partial charge in [0.15, 0.2) is 0 Å². The second-order valence-electron chi connectivity index (χ2n) is 11.4. The summed E-state index contributed by atoms with van der Waals surface area (Å²) in [6, 6.07) is 17.0. The molecule has 0 radical (unpaired) electrons. The maximum Gasteiger partial charge on any atom is 0.408 e. The minimum absolute atomic E-state index is 0.00909. The largest absolute Gasteiger partial charge is 0.445 e. The first-order valence-corrected chi connectivity index (χ1v) is 15.5. The molecule has 0 aromatic heterocycles. The first kappa shape index (κ1) is 32.4. The molecule has 2 aromatic rings. The van der Waals surface area contributed by atoms with E-state index in [9.17, 15) is 19.5 Å². The number of hydrogen-bond donors (Lipinski definition) is 4. The van der Waals surface area contributed by atoms with Crippen molar-refractivity contribution in [3.63, 3.8) is 0 Å². The maximum atomic E-state index is 13.3. The lowest BCUT2D eigenvalue weighted by Crippen LogP contribution is -2.57. The number of nitrogens with one attached hydrogen (secondary N) is 3. The Kier molecular flexibility index (Phi) is 12.5. The van der Waals surface area contributed by atoms with Gasteiger partial charge in [-0.05, 0) is 64.0 Å². The number of aliphatic hydroxyl groups is 1. The van der Waals surface area contributed by atoms with Crippen molar-refractivity contribution in [2.45, 2.75) is 76.4 Å². The molecule has 10 heteroatoms. The number of ether oxygens (including phenoxy) is 1. The zero-order chi connectivity index (χ0) is 29.8. The van der Waals surface area contributed by atoms with Crippen molar-refractivity contribution in [3.05, 3.63) is 71.8 Å². The molecule has 1 heterocycles. The number of amides is 3. The average Bonchev–Trinajstić information content (AvgIpc) is 3.46. The SMILES string of the molecule is CSC[C@H](NC(=O)OCc1ccccc1)C(=O)N[C@@H](Cc1ccccc1)[C@H](O)CNC(=O)[C@@H]1CCCN1C(C)(C)C. The highest BCUT2D eigenvalue weighted by molar-refractivity contribution is 7.98. The molecule has 4 N–H and O–H groups in total. The molecule has 1 aliphatic rings. The molecule has 0 bridgehead atoms. The number of aliphatic hydroxyl groups excluding tert-OH is 1. The summed E-state index contributed by atoms with van der Waals surface area (Å²) in [6.07, 6.45) is 2.16. The molecule has 0 spiro atoms. The van der Waals surface area contributed by atoms with E-state index in [-0.39, 0.29) is 30.6 Å². The predicted molar refractivity (Wildman–Crippen MR) is 163 cm³/mol. The fourth-order valence-electron chi connectivity index (χ4n) is 5.00. The van der Waals surface area contributed by atoms with Gasteiger partial charge in [-0.15, -0.1) is 0 Å². The number of carbonyl (C=O) groups is 3. The molecule has 2 aromatic carbocycles. The van der Waals surface area contributed by atoms with Crippen LogP contribution in [0.4, 0.5) is 4.79 Å². The van der Waals surface area contributed by atoms with Gasteiger partial charge in [-0.2, -0.15) is 11.8 Å². The van der Waals surface area contributed by atoms with E-state index in [1.54, 1.807) is 0 Å². The van der Waals surface area contributed by atoms with Crippen LogP contribution in [0.1, 0.15) is 44.7 Å². The Morgan fingerprint density at radius 1 is 1.02 bits per heavy atom. The van der Waals surface area contributed by atoms with Crippen molar-refractivity contribution in [2.24, 2.45) is 0 Å². The third-order valence-corrected chi connectivity index (χ3v) is 7.81. The monoisotopic (exact) mass is 584 g/mol. The Morgan fingerprint density at radius 3 is 2.27 bits per heavy atom. The second-order valence-corrected chi connectivity index (χ2v) is 12.3. The van der Waals surface area contributed by atoms with Crippen LogP contribution in [0.25, 0.3) is 0 Å². The number of likely N-dealkylation sites (tertiary alicyclic amines) is 1. The molecule has 0 aliphatic carbocycles. The lowest BCUT2D eigenvalue weighted by Gasteiger charge is -2.36. The molecular formula is C31H44N4O5S. The first-order valence-electron chi connectivity index (χ1n) is 14.1. The molecule has 1 fully saturated rings. The summed E-state index contributed by atoms with van der Waals surface area (Å²) < 4.78 is 5.31. The van der Waals surface area contributed by atoms with Crippen LogP contribution in [0, 0.1) is 0 Å². The summed E-state index contributed by atoms with van der Waals surface area (Å²) in [6.45, 7) is 7.21. The van der Waals surface area contributed by atoms with Crippen LogP contribution >= 0.6 is 11.8 Å². The van der Waals surface area contributed by atoms with Crippen molar-refractivity contribution < 1.29 is 24.2 Å². The minimum atomic E-state index is -1.05. The summed E-state index contributed by atoms with van der Waals surface area (Å²) in [7, 11) is 0. The summed E-state index contributed by atoms with van der Waals surface area (Å²) in [5.74, 6) is -0.233. The van der Waals surface area contributed by atoms with E-state index in [2.05, 4.69) is 41.6 Å². The van der Waals surface area contributed by atoms with Crippen LogP contribution in [0.15, 0.2) is 60.7 Å². The van der Waals surface area contributed by atoms with Gasteiger partial charge < -0.3 is 25.8 Å². The number of nitrogens with zero attached hydrogens (tertiary/aromatic N) is 1. The molecule has 9 nitrogen and oxygen atoms in total. The van der Waals surface area contributed by atoms with Crippen molar-refractivity contribution >= 4 is 29.7 Å². The molecule has 41 heavy (non-hydrogen) atoms. The quantitative estimate of drug-likeness (QED) is 0.286. The van der Waals surface area contributed by atoms with Gasteiger partial charge in [-0.3, -0.25) is 14.5 Å². The van der Waals surface area contributed by atoms with Crippen LogP contribution in [-0.2, 0) is 27.4 Å². The van der Waals surface area contributed by atoms with Gasteiger partial charge in [0.05, 0.1) is 18.2 Å². The van der Waals surface area contributed by atoms with E-state index in [1.165, 1.54) is 11.8 Å². The highest BCUT2D eigenvalue weighted by Gasteiger charge is 2.37. The molecule has 4 atom stereocenters. The Morgan fingerprint density at radius 2 is 1.66 bits per heavy atom. The van der Waals surface area contributed by atoms with E-state index in [0.29, 0.717) is 12.2 Å². The average molecular weight is 585 g/mol. The van der Waals surface area contributed by atoms with Gasteiger partial charge in [-0.1, -0.05) is 60.7 Å². The van der Waals surface area contributed by atoms with Crippen molar-refractivity contribution in [1.82, 2.24) is 20.9 Å². The minimum Gasteiger partial charge on any atom is -0.445 e. The number of carbonyl (C=O) groups excluding carboxylic acids is 3.